The highest BCUT2D eigenvalue weighted by Gasteiger charge is 2.18. The molecule has 0 saturated carbocycles. The third-order valence-corrected chi connectivity index (χ3v) is 13.8. The van der Waals surface area contributed by atoms with Crippen molar-refractivity contribution in [1.82, 2.24) is 15.0 Å². The van der Waals surface area contributed by atoms with Gasteiger partial charge in [-0.05, 0) is 164 Å². The van der Waals surface area contributed by atoms with Crippen molar-refractivity contribution in [3.63, 3.8) is 0 Å². The maximum absolute atomic E-state index is 10.4. The summed E-state index contributed by atoms with van der Waals surface area (Å²) in [6, 6.07) is 82.9. The Balaban J connectivity index is 0.995. The smallest absolute Gasteiger partial charge is 0.191 e. The van der Waals surface area contributed by atoms with Crippen LogP contribution in [0.4, 0.5) is 5.69 Å². The zero-order valence-corrected chi connectivity index (χ0v) is 40.7. The number of rotatable bonds is 14. The van der Waals surface area contributed by atoms with Crippen molar-refractivity contribution in [2.24, 2.45) is 0 Å². The van der Waals surface area contributed by atoms with Crippen LogP contribution in [0.1, 0.15) is 27.8 Å². The highest BCUT2D eigenvalue weighted by Crippen LogP contribution is 2.42. The largest absolute Gasteiger partial charge is 0.256 e. The fourth-order valence-corrected chi connectivity index (χ4v) is 9.95. The van der Waals surface area contributed by atoms with Crippen molar-refractivity contribution in [2.45, 2.75) is 25.7 Å². The summed E-state index contributed by atoms with van der Waals surface area (Å²) in [7, 11) is 0. The number of nitrogens with zero attached hydrogens (tertiary/aromatic N) is 5. The average Bonchev–Trinajstić information content (AvgIpc) is 3.48. The fourth-order valence-electron chi connectivity index (χ4n) is 9.95. The van der Waals surface area contributed by atoms with E-state index in [1.54, 1.807) is 12.4 Å². The van der Waals surface area contributed by atoms with E-state index < -0.39 is 0 Å². The summed E-state index contributed by atoms with van der Waals surface area (Å²) < 4.78 is 0. The summed E-state index contributed by atoms with van der Waals surface area (Å²) >= 11 is 0. The van der Waals surface area contributed by atoms with Crippen LogP contribution >= 0.6 is 0 Å². The van der Waals surface area contributed by atoms with E-state index in [1.807, 2.05) is 66.9 Å². The van der Waals surface area contributed by atoms with Gasteiger partial charge in [0, 0.05) is 29.7 Å². The molecule has 0 bridgehead atoms. The third kappa shape index (κ3) is 10.3. The van der Waals surface area contributed by atoms with Crippen LogP contribution in [0.15, 0.2) is 249 Å². The summed E-state index contributed by atoms with van der Waals surface area (Å²) in [5.74, 6) is 0. The summed E-state index contributed by atoms with van der Waals surface area (Å²) in [6.07, 6.45) is 8.32. The molecule has 0 aliphatic rings. The van der Waals surface area contributed by atoms with Crippen molar-refractivity contribution in [3.8, 4) is 95.5 Å². The van der Waals surface area contributed by atoms with Gasteiger partial charge in [0.1, 0.15) is 0 Å². The highest BCUT2D eigenvalue weighted by molar-refractivity contribution is 5.94. The van der Waals surface area contributed by atoms with Gasteiger partial charge in [-0.2, -0.15) is 5.26 Å². The molecule has 0 unspecified atom stereocenters. The predicted molar refractivity (Wildman–Crippen MR) is 302 cm³/mol. The Labute approximate surface area is 433 Å². The van der Waals surface area contributed by atoms with Crippen LogP contribution in [0, 0.1) is 17.9 Å². The second-order valence-corrected chi connectivity index (χ2v) is 18.5. The topological polar surface area (TPSA) is 66.8 Å². The molecule has 0 amide bonds. The Morgan fingerprint density at radius 1 is 0.338 bits per heavy atom. The molecule has 0 N–H and O–H groups in total. The molecule has 0 aliphatic carbocycles. The summed E-state index contributed by atoms with van der Waals surface area (Å²) in [5.41, 5.74) is 22.4. The molecular formula is C69H49N5. The maximum Gasteiger partial charge on any atom is 0.191 e. The van der Waals surface area contributed by atoms with Crippen LogP contribution in [0.25, 0.3) is 94.3 Å². The van der Waals surface area contributed by atoms with E-state index in [-0.39, 0.29) is 0 Å². The molecule has 0 spiro atoms. The van der Waals surface area contributed by atoms with Crippen molar-refractivity contribution in [3.05, 3.63) is 288 Å². The Bertz CT molecular complexity index is 3710. The Morgan fingerprint density at radius 3 is 1.50 bits per heavy atom. The lowest BCUT2D eigenvalue weighted by Crippen LogP contribution is -1.99. The molecule has 74 heavy (non-hydrogen) atoms. The first kappa shape index (κ1) is 46.6. The van der Waals surface area contributed by atoms with Crippen LogP contribution < -0.4 is 0 Å². The summed E-state index contributed by atoms with van der Waals surface area (Å²) in [6.45, 7) is 8.16. The summed E-state index contributed by atoms with van der Waals surface area (Å²) in [5, 5.41) is 10.4. The molecule has 0 aliphatic heterocycles. The van der Waals surface area contributed by atoms with Crippen molar-refractivity contribution in [1.29, 1.82) is 5.26 Å². The zero-order valence-electron chi connectivity index (χ0n) is 40.7. The van der Waals surface area contributed by atoms with Gasteiger partial charge in [-0.3, -0.25) is 15.0 Å². The zero-order chi connectivity index (χ0) is 50.1. The van der Waals surface area contributed by atoms with E-state index in [4.69, 9.17) is 11.6 Å². The first-order valence-electron chi connectivity index (χ1n) is 25.0. The van der Waals surface area contributed by atoms with Gasteiger partial charge >= 0.3 is 0 Å². The highest BCUT2D eigenvalue weighted by atomic mass is 14.7. The quantitative estimate of drug-likeness (QED) is 0.102. The molecular weight excluding hydrogens is 899 g/mol. The van der Waals surface area contributed by atoms with E-state index in [9.17, 15) is 5.26 Å². The third-order valence-electron chi connectivity index (χ3n) is 13.8. The van der Waals surface area contributed by atoms with Gasteiger partial charge in [-0.15, -0.1) is 0 Å². The minimum absolute atomic E-state index is 0.642. The first-order chi connectivity index (χ1) is 36.6. The van der Waals surface area contributed by atoms with Crippen molar-refractivity contribution in [2.75, 3.05) is 0 Å². The minimum atomic E-state index is 0.642. The van der Waals surface area contributed by atoms with Gasteiger partial charge in [0.15, 0.2) is 5.69 Å². The Kier molecular flexibility index (Phi) is 13.6. The van der Waals surface area contributed by atoms with Crippen LogP contribution in [0.3, 0.4) is 0 Å². The minimum Gasteiger partial charge on any atom is -0.256 e. The van der Waals surface area contributed by atoms with Crippen LogP contribution in [0.5, 0.6) is 0 Å². The Morgan fingerprint density at radius 2 is 0.851 bits per heavy atom. The van der Waals surface area contributed by atoms with E-state index >= 15 is 0 Å². The van der Waals surface area contributed by atoms with Crippen LogP contribution in [-0.4, -0.2) is 15.0 Å². The number of aromatic nitrogens is 3. The number of aryl methyl sites for hydroxylation is 4. The molecule has 8 aromatic carbocycles. The molecule has 11 rings (SSSR count). The first-order valence-corrected chi connectivity index (χ1v) is 25.0. The second-order valence-electron chi connectivity index (χ2n) is 18.5. The van der Waals surface area contributed by atoms with E-state index in [1.165, 1.54) is 16.7 Å². The second kappa shape index (κ2) is 21.7. The maximum atomic E-state index is 10.4. The van der Waals surface area contributed by atoms with Crippen LogP contribution in [-0.2, 0) is 25.7 Å². The average molecular weight is 948 g/mol. The van der Waals surface area contributed by atoms with E-state index in [0.717, 1.165) is 108 Å². The van der Waals surface area contributed by atoms with Crippen molar-refractivity contribution >= 4 is 5.69 Å². The van der Waals surface area contributed by atoms with Gasteiger partial charge in [-0.1, -0.05) is 176 Å². The number of pyridine rings is 3. The molecule has 3 heterocycles. The van der Waals surface area contributed by atoms with Crippen molar-refractivity contribution < 1.29 is 0 Å². The van der Waals surface area contributed by atoms with Gasteiger partial charge in [0.05, 0.1) is 35.3 Å². The molecule has 350 valence electrons. The van der Waals surface area contributed by atoms with E-state index in [0.29, 0.717) is 24.1 Å². The molecule has 0 radical (unpaired) electrons. The number of nitriles is 1. The number of benzene rings is 8. The molecule has 0 atom stereocenters. The van der Waals surface area contributed by atoms with Crippen LogP contribution in [0.2, 0.25) is 0 Å². The monoisotopic (exact) mass is 947 g/mol. The molecule has 3 aromatic heterocycles. The lowest BCUT2D eigenvalue weighted by atomic mass is 9.86. The van der Waals surface area contributed by atoms with Gasteiger partial charge in [0.25, 0.3) is 0 Å². The molecule has 11 aromatic rings. The lowest BCUT2D eigenvalue weighted by Gasteiger charge is -2.18. The SMILES string of the molecule is [C-]#[N+]c1cc(-c2ccccn2)ccc1CCc1cc(CCc2ccc(-c3ccccn3)cc2C#N)cc(-c2ccccc2-c2ccc(-c3cc(-c4ccccc4)ccn3)cc2-c2ccc(-c3ccccc3)cc2)c1. The molecule has 5 heteroatoms. The normalized spacial score (nSPS) is 10.9. The van der Waals surface area contributed by atoms with Gasteiger partial charge < -0.3 is 0 Å². The van der Waals surface area contributed by atoms with E-state index in [2.05, 4.69) is 191 Å². The molecule has 0 fully saturated rings. The lowest BCUT2D eigenvalue weighted by molar-refractivity contribution is 0.931. The van der Waals surface area contributed by atoms with Gasteiger partial charge in [-0.25, -0.2) is 4.85 Å². The summed E-state index contributed by atoms with van der Waals surface area (Å²) in [4.78, 5) is 18.0. The molecule has 5 nitrogen and oxygen atoms in total. The predicted octanol–water partition coefficient (Wildman–Crippen LogP) is 17.2. The fraction of sp³-hybridized carbons (Fsp3) is 0.0580. The standard InChI is InChI=1S/C69H49N5/c1-71-68-46-59(67-21-11-13-38-73-67)33-31-55(68)25-23-49-40-48(22-24-53-28-32-57(43-61(53)47-70)66-20-10-12-37-72-66)41-60(42-49)62-18-8-9-19-63(62)64-35-34-58(69-45-56(36-39-74-69)51-16-6-3-7-17-51)44-65(64)54-29-26-52(27-30-54)50-14-4-2-5-15-50/h2-21,26-46H,22-25H2. The molecule has 0 saturated heterocycles. The van der Waals surface area contributed by atoms with Gasteiger partial charge in [0.2, 0.25) is 0 Å². The number of hydrogen-bond acceptors (Lipinski definition) is 4. The number of hydrogen-bond donors (Lipinski definition) is 0. The Hall–Kier alpha value is -9.81.